The predicted molar refractivity (Wildman–Crippen MR) is 176 cm³/mol. The highest BCUT2D eigenvalue weighted by atomic mass is 32.2. The van der Waals surface area contributed by atoms with E-state index in [0.29, 0.717) is 58.4 Å². The maximum Gasteiger partial charge on any atom is 0.252 e. The van der Waals surface area contributed by atoms with Gasteiger partial charge in [0.1, 0.15) is 0 Å². The smallest absolute Gasteiger partial charge is 0.252 e. The minimum Gasteiger partial charge on any atom is -0.353 e. The second kappa shape index (κ2) is 11.9. The molecule has 2 N–H and O–H groups in total. The molecule has 2 saturated heterocycles. The molecule has 12 heteroatoms. The fourth-order valence-corrected chi connectivity index (χ4v) is 8.93. The van der Waals surface area contributed by atoms with Gasteiger partial charge < -0.3 is 20.4 Å². The van der Waals surface area contributed by atoms with Gasteiger partial charge in [0, 0.05) is 73.9 Å². The van der Waals surface area contributed by atoms with Crippen LogP contribution in [0.1, 0.15) is 55.5 Å². The Hall–Kier alpha value is -3.77. The number of aryl methyl sites for hydroxylation is 1. The van der Waals surface area contributed by atoms with Gasteiger partial charge >= 0.3 is 0 Å². The maximum absolute atomic E-state index is 14.1. The Labute approximate surface area is 265 Å². The van der Waals surface area contributed by atoms with Gasteiger partial charge in [-0.25, -0.2) is 22.4 Å². The van der Waals surface area contributed by atoms with Crippen molar-refractivity contribution in [1.29, 1.82) is 0 Å². The quantitative estimate of drug-likeness (QED) is 0.344. The second-order valence-electron chi connectivity index (χ2n) is 13.2. The van der Waals surface area contributed by atoms with Crippen LogP contribution >= 0.6 is 0 Å². The van der Waals surface area contributed by atoms with Crippen LogP contribution in [0.25, 0.3) is 22.0 Å². The molecule has 3 unspecified atom stereocenters. The number of rotatable bonds is 9. The number of carbonyl (C=O) groups is 2. The van der Waals surface area contributed by atoms with Crippen LogP contribution in [0.2, 0.25) is 0 Å². The summed E-state index contributed by atoms with van der Waals surface area (Å²) in [6.45, 7) is 13.3. The molecule has 6 rings (SSSR count). The van der Waals surface area contributed by atoms with E-state index in [0.717, 1.165) is 32.6 Å². The number of fused-ring (bicyclic) bond motifs is 1. The van der Waals surface area contributed by atoms with Crippen molar-refractivity contribution in [3.05, 3.63) is 54.5 Å². The molecule has 1 saturated carbocycles. The first-order chi connectivity index (χ1) is 21.4. The summed E-state index contributed by atoms with van der Waals surface area (Å²) in [4.78, 5) is 40.3. The SMILES string of the molecule is C=CCC1(S(=O)(=O)n2cc(C)c3c(C(=O)NCC4C(=O)NC(C)CC4C)cc(-c4cnc(N5CCN(C)CC5)nc4)cc32)CC1. The molecule has 2 amide bonds. The molecule has 0 spiro atoms. The molecule has 2 aliphatic heterocycles. The molecular formula is C33H43N7O4S. The minimum atomic E-state index is -3.79. The molecule has 1 aromatic carbocycles. The van der Waals surface area contributed by atoms with Gasteiger partial charge in [0.15, 0.2) is 0 Å². The number of likely N-dealkylation sites (N-methyl/N-ethyl adjacent to an activating group) is 1. The summed E-state index contributed by atoms with van der Waals surface area (Å²) in [5.74, 6) is -0.0192. The fraction of sp³-hybridized carbons (Fsp3) is 0.515. The number of nitrogens with zero attached hydrogens (tertiary/aromatic N) is 5. The van der Waals surface area contributed by atoms with E-state index in [1.807, 2.05) is 26.8 Å². The lowest BCUT2D eigenvalue weighted by Gasteiger charge is -2.32. The van der Waals surface area contributed by atoms with Crippen molar-refractivity contribution in [3.8, 4) is 11.1 Å². The largest absolute Gasteiger partial charge is 0.353 e. The molecule has 4 heterocycles. The summed E-state index contributed by atoms with van der Waals surface area (Å²) in [6.07, 6.45) is 9.07. The second-order valence-corrected chi connectivity index (χ2v) is 15.4. The van der Waals surface area contributed by atoms with E-state index in [1.165, 1.54) is 3.97 Å². The summed E-state index contributed by atoms with van der Waals surface area (Å²) < 4.78 is 28.6. The molecule has 45 heavy (non-hydrogen) atoms. The summed E-state index contributed by atoms with van der Waals surface area (Å²) >= 11 is 0. The molecule has 0 bridgehead atoms. The van der Waals surface area contributed by atoms with Crippen molar-refractivity contribution >= 4 is 38.7 Å². The lowest BCUT2D eigenvalue weighted by molar-refractivity contribution is -0.129. The van der Waals surface area contributed by atoms with Crippen LogP contribution in [0, 0.1) is 18.8 Å². The Bertz CT molecular complexity index is 1740. The van der Waals surface area contributed by atoms with Gasteiger partial charge in [0.25, 0.3) is 5.91 Å². The highest BCUT2D eigenvalue weighted by molar-refractivity contribution is 7.91. The average Bonchev–Trinajstić information content (AvgIpc) is 3.73. The first-order valence-corrected chi connectivity index (χ1v) is 17.2. The van der Waals surface area contributed by atoms with E-state index >= 15 is 0 Å². The van der Waals surface area contributed by atoms with Gasteiger partial charge in [0.2, 0.25) is 21.9 Å². The van der Waals surface area contributed by atoms with Crippen LogP contribution in [0.15, 0.2) is 43.4 Å². The van der Waals surface area contributed by atoms with Crippen molar-refractivity contribution in [2.45, 2.75) is 57.2 Å². The van der Waals surface area contributed by atoms with Crippen LogP contribution in [0.4, 0.5) is 5.95 Å². The minimum absolute atomic E-state index is 0.0663. The van der Waals surface area contributed by atoms with Crippen LogP contribution in [-0.4, -0.2) is 89.6 Å². The predicted octanol–water partition coefficient (Wildman–Crippen LogP) is 3.34. The lowest BCUT2D eigenvalue weighted by atomic mass is 9.84. The van der Waals surface area contributed by atoms with E-state index < -0.39 is 14.8 Å². The Balaban J connectivity index is 1.40. The number of piperazine rings is 1. The molecule has 1 aliphatic carbocycles. The Morgan fingerprint density at radius 2 is 1.82 bits per heavy atom. The van der Waals surface area contributed by atoms with Crippen LogP contribution in [-0.2, 0) is 14.8 Å². The van der Waals surface area contributed by atoms with E-state index in [2.05, 4.69) is 44.0 Å². The third kappa shape index (κ3) is 5.74. The zero-order valence-electron chi connectivity index (χ0n) is 26.5. The number of benzene rings is 1. The van der Waals surface area contributed by atoms with Crippen molar-refractivity contribution < 1.29 is 18.0 Å². The molecule has 3 aliphatic rings. The molecule has 3 atom stereocenters. The monoisotopic (exact) mass is 633 g/mol. The molecule has 3 fully saturated rings. The molecule has 240 valence electrons. The first-order valence-electron chi connectivity index (χ1n) is 15.8. The number of nitrogens with one attached hydrogen (secondary N) is 2. The first kappa shape index (κ1) is 31.2. The maximum atomic E-state index is 14.1. The summed E-state index contributed by atoms with van der Waals surface area (Å²) in [7, 11) is -1.70. The van der Waals surface area contributed by atoms with Gasteiger partial charge in [-0.3, -0.25) is 9.59 Å². The number of carbonyl (C=O) groups excluding carboxylic acids is 2. The van der Waals surface area contributed by atoms with Crippen molar-refractivity contribution in [3.63, 3.8) is 0 Å². The van der Waals surface area contributed by atoms with Gasteiger partial charge in [0.05, 0.1) is 16.2 Å². The third-order valence-electron chi connectivity index (χ3n) is 9.81. The highest BCUT2D eigenvalue weighted by Crippen LogP contribution is 2.49. The number of amides is 2. The summed E-state index contributed by atoms with van der Waals surface area (Å²) in [5.41, 5.74) is 2.78. The van der Waals surface area contributed by atoms with Crippen LogP contribution in [0.3, 0.4) is 0 Å². The molecule has 2 aromatic heterocycles. The number of aromatic nitrogens is 3. The Morgan fingerprint density at radius 1 is 1.13 bits per heavy atom. The van der Waals surface area contributed by atoms with Gasteiger partial charge in [-0.1, -0.05) is 13.0 Å². The van der Waals surface area contributed by atoms with Gasteiger partial charge in [-0.15, -0.1) is 6.58 Å². The van der Waals surface area contributed by atoms with Crippen LogP contribution in [0.5, 0.6) is 0 Å². The zero-order chi connectivity index (χ0) is 32.1. The van der Waals surface area contributed by atoms with Crippen molar-refractivity contribution in [2.24, 2.45) is 11.8 Å². The number of hydrogen-bond acceptors (Lipinski definition) is 8. The molecule has 3 aromatic rings. The van der Waals surface area contributed by atoms with Crippen molar-refractivity contribution in [1.82, 2.24) is 29.5 Å². The highest BCUT2D eigenvalue weighted by Gasteiger charge is 2.54. The summed E-state index contributed by atoms with van der Waals surface area (Å²) in [5, 5.41) is 6.55. The topological polar surface area (TPSA) is 130 Å². The van der Waals surface area contributed by atoms with E-state index in [4.69, 9.17) is 0 Å². The van der Waals surface area contributed by atoms with Crippen molar-refractivity contribution in [2.75, 3.05) is 44.7 Å². The molecule has 11 nitrogen and oxygen atoms in total. The zero-order valence-corrected chi connectivity index (χ0v) is 27.4. The Kier molecular flexibility index (Phi) is 8.23. The summed E-state index contributed by atoms with van der Waals surface area (Å²) in [6, 6.07) is 3.69. The molecule has 0 radical (unpaired) electrons. The average molecular weight is 634 g/mol. The fourth-order valence-electron chi connectivity index (χ4n) is 6.87. The normalized spacial score (nSPS) is 23.5. The number of piperidine rings is 1. The van der Waals surface area contributed by atoms with Gasteiger partial charge in [-0.05, 0) is 75.8 Å². The van der Waals surface area contributed by atoms with E-state index in [1.54, 1.807) is 30.7 Å². The number of anilines is 1. The number of hydrogen-bond donors (Lipinski definition) is 2. The lowest BCUT2D eigenvalue weighted by Crippen LogP contribution is -2.50. The van der Waals surface area contributed by atoms with E-state index in [9.17, 15) is 18.0 Å². The van der Waals surface area contributed by atoms with E-state index in [-0.39, 0.29) is 36.2 Å². The molecular weight excluding hydrogens is 590 g/mol. The standard InChI is InChI=1S/C33H43N7O4S/c1-6-7-33(8-9-33)45(43,44)40-20-22(3)29-26(30(41)34-19-27-21(2)14-23(4)37-31(27)42)15-24(16-28(29)40)25-17-35-32(36-18-25)39-12-10-38(5)11-13-39/h6,15-18,20-21,23,27H,1,7-14,19H2,2-5H3,(H,34,41)(H,37,42). The Morgan fingerprint density at radius 3 is 2.44 bits per heavy atom. The van der Waals surface area contributed by atoms with Gasteiger partial charge in [-0.2, -0.15) is 0 Å². The third-order valence-corrected chi connectivity index (χ3v) is 12.3. The number of allylic oxidation sites excluding steroid dienone is 1. The van der Waals surface area contributed by atoms with Crippen LogP contribution < -0.4 is 15.5 Å².